The number of pyridine rings is 1. The topological polar surface area (TPSA) is 51.5 Å². The minimum absolute atomic E-state index is 0.203. The molecule has 19 heavy (non-hydrogen) atoms. The highest BCUT2D eigenvalue weighted by Crippen LogP contribution is 2.21. The van der Waals surface area contributed by atoms with Gasteiger partial charge in [0.2, 0.25) is 0 Å². The van der Waals surface area contributed by atoms with Gasteiger partial charge in [-0.05, 0) is 24.3 Å². The molecule has 0 saturated carbocycles. The molecule has 1 aromatic carbocycles. The summed E-state index contributed by atoms with van der Waals surface area (Å²) < 4.78 is 0. The van der Waals surface area contributed by atoms with Crippen LogP contribution in [-0.2, 0) is 4.84 Å². The van der Waals surface area contributed by atoms with Crippen molar-refractivity contribution in [1.82, 2.24) is 4.98 Å². The van der Waals surface area contributed by atoms with Crippen molar-refractivity contribution >= 4 is 35.4 Å². The average Bonchev–Trinajstić information content (AvgIpc) is 2.39. The molecule has 0 saturated heterocycles. The maximum absolute atomic E-state index is 11.7. The summed E-state index contributed by atoms with van der Waals surface area (Å²) in [7, 11) is 0. The Morgan fingerprint density at radius 2 is 2.16 bits per heavy atom. The molecule has 0 bridgehead atoms. The van der Waals surface area contributed by atoms with Crippen molar-refractivity contribution < 1.29 is 9.63 Å². The third-order valence-corrected chi connectivity index (χ3v) is 2.72. The Hall–Kier alpha value is -1.91. The van der Waals surface area contributed by atoms with Gasteiger partial charge in [0.15, 0.2) is 0 Å². The van der Waals surface area contributed by atoms with Crippen LogP contribution in [0.3, 0.4) is 0 Å². The summed E-state index contributed by atoms with van der Waals surface area (Å²) in [5, 5.41) is 4.24. The van der Waals surface area contributed by atoms with Gasteiger partial charge >= 0.3 is 5.97 Å². The summed E-state index contributed by atoms with van der Waals surface area (Å²) in [6.07, 6.45) is 4.61. The average molecular weight is 295 g/mol. The van der Waals surface area contributed by atoms with Crippen LogP contribution in [0.2, 0.25) is 10.0 Å². The predicted molar refractivity (Wildman–Crippen MR) is 73.7 cm³/mol. The van der Waals surface area contributed by atoms with Crippen LogP contribution < -0.4 is 0 Å². The SMILES string of the molecule is O=C(O/N=C\c1cccnc1)c1ccc(Cl)cc1Cl. The lowest BCUT2D eigenvalue weighted by atomic mass is 10.2. The molecule has 0 aliphatic rings. The number of hydrogen-bond acceptors (Lipinski definition) is 4. The molecule has 0 amide bonds. The predicted octanol–water partition coefficient (Wildman–Crippen LogP) is 3.58. The van der Waals surface area contributed by atoms with Gasteiger partial charge in [-0.3, -0.25) is 4.98 Å². The third-order valence-electron chi connectivity index (χ3n) is 2.17. The van der Waals surface area contributed by atoms with E-state index in [0.717, 1.165) is 5.56 Å². The van der Waals surface area contributed by atoms with Crippen molar-refractivity contribution in [2.24, 2.45) is 5.16 Å². The lowest BCUT2D eigenvalue weighted by Gasteiger charge is -2.01. The molecular weight excluding hydrogens is 287 g/mol. The molecule has 0 unspecified atom stereocenters. The summed E-state index contributed by atoms with van der Waals surface area (Å²) in [5.74, 6) is -0.651. The van der Waals surface area contributed by atoms with E-state index in [1.54, 1.807) is 30.6 Å². The molecule has 0 aliphatic carbocycles. The fourth-order valence-corrected chi connectivity index (χ4v) is 1.78. The standard InChI is InChI=1S/C13H8Cl2N2O2/c14-10-3-4-11(12(15)6-10)13(18)19-17-8-9-2-1-5-16-7-9/h1-8H/b17-8-. The Labute approximate surface area is 119 Å². The quantitative estimate of drug-likeness (QED) is 0.494. The Kier molecular flexibility index (Phi) is 4.49. The van der Waals surface area contributed by atoms with Gasteiger partial charge in [-0.15, -0.1) is 0 Å². The molecule has 0 fully saturated rings. The largest absolute Gasteiger partial charge is 0.367 e. The Bertz CT molecular complexity index is 615. The molecule has 0 radical (unpaired) electrons. The first kappa shape index (κ1) is 13.5. The van der Waals surface area contributed by atoms with E-state index < -0.39 is 5.97 Å². The summed E-state index contributed by atoms with van der Waals surface area (Å²) in [6, 6.07) is 8.02. The van der Waals surface area contributed by atoms with E-state index in [0.29, 0.717) is 5.02 Å². The second-order valence-electron chi connectivity index (χ2n) is 3.52. The van der Waals surface area contributed by atoms with E-state index in [9.17, 15) is 4.79 Å². The zero-order chi connectivity index (χ0) is 13.7. The smallest absolute Gasteiger partial charge is 0.313 e. The maximum Gasteiger partial charge on any atom is 0.367 e. The third kappa shape index (κ3) is 3.77. The van der Waals surface area contributed by atoms with E-state index in [-0.39, 0.29) is 10.6 Å². The summed E-state index contributed by atoms with van der Waals surface area (Å²) in [4.78, 5) is 20.3. The van der Waals surface area contributed by atoms with Crippen molar-refractivity contribution in [3.63, 3.8) is 0 Å². The van der Waals surface area contributed by atoms with Crippen LogP contribution in [0.15, 0.2) is 47.9 Å². The molecule has 0 aliphatic heterocycles. The van der Waals surface area contributed by atoms with E-state index in [1.807, 2.05) is 0 Å². The molecule has 0 N–H and O–H groups in total. The van der Waals surface area contributed by atoms with Gasteiger partial charge < -0.3 is 4.84 Å². The number of hydrogen-bond donors (Lipinski definition) is 0. The molecule has 1 heterocycles. The highest BCUT2D eigenvalue weighted by Gasteiger charge is 2.11. The molecule has 0 atom stereocenters. The Morgan fingerprint density at radius 3 is 2.84 bits per heavy atom. The minimum atomic E-state index is -0.651. The monoisotopic (exact) mass is 294 g/mol. The van der Waals surface area contributed by atoms with E-state index in [4.69, 9.17) is 28.0 Å². The summed E-state index contributed by atoms with van der Waals surface area (Å²) in [5.41, 5.74) is 0.923. The zero-order valence-corrected chi connectivity index (χ0v) is 11.1. The maximum atomic E-state index is 11.7. The lowest BCUT2D eigenvalue weighted by molar-refractivity contribution is 0.0519. The van der Waals surface area contributed by atoms with Crippen LogP contribution in [0, 0.1) is 0 Å². The lowest BCUT2D eigenvalue weighted by Crippen LogP contribution is -2.02. The van der Waals surface area contributed by atoms with E-state index in [1.165, 1.54) is 18.3 Å². The number of rotatable bonds is 3. The van der Waals surface area contributed by atoms with Gasteiger partial charge in [-0.2, -0.15) is 0 Å². The highest BCUT2D eigenvalue weighted by atomic mass is 35.5. The minimum Gasteiger partial charge on any atom is -0.313 e. The number of halogens is 2. The van der Waals surface area contributed by atoms with Crippen LogP contribution in [-0.4, -0.2) is 17.2 Å². The Balaban J connectivity index is 2.04. The van der Waals surface area contributed by atoms with Gasteiger partial charge in [-0.1, -0.05) is 34.4 Å². The first-order valence-corrected chi connectivity index (χ1v) is 6.02. The van der Waals surface area contributed by atoms with Crippen LogP contribution >= 0.6 is 23.2 Å². The number of aromatic nitrogens is 1. The molecule has 0 spiro atoms. The van der Waals surface area contributed by atoms with Crippen LogP contribution in [0.4, 0.5) is 0 Å². The molecule has 6 heteroatoms. The van der Waals surface area contributed by atoms with Crippen molar-refractivity contribution in [2.75, 3.05) is 0 Å². The number of benzene rings is 1. The second kappa shape index (κ2) is 6.31. The van der Waals surface area contributed by atoms with Gasteiger partial charge in [-0.25, -0.2) is 4.79 Å². The summed E-state index contributed by atoms with van der Waals surface area (Å²) >= 11 is 11.6. The normalized spacial score (nSPS) is 10.6. The molecule has 1 aromatic heterocycles. The fraction of sp³-hybridized carbons (Fsp3) is 0. The summed E-state index contributed by atoms with van der Waals surface area (Å²) in [6.45, 7) is 0. The zero-order valence-electron chi connectivity index (χ0n) is 9.59. The second-order valence-corrected chi connectivity index (χ2v) is 4.37. The Morgan fingerprint density at radius 1 is 1.32 bits per heavy atom. The highest BCUT2D eigenvalue weighted by molar-refractivity contribution is 6.36. The molecule has 2 aromatic rings. The van der Waals surface area contributed by atoms with Gasteiger partial charge in [0.05, 0.1) is 16.8 Å². The molecule has 96 valence electrons. The molecule has 2 rings (SSSR count). The van der Waals surface area contributed by atoms with E-state index in [2.05, 4.69) is 10.1 Å². The van der Waals surface area contributed by atoms with E-state index >= 15 is 0 Å². The van der Waals surface area contributed by atoms with Crippen molar-refractivity contribution in [3.05, 3.63) is 63.9 Å². The van der Waals surface area contributed by atoms with Gasteiger partial charge in [0, 0.05) is 23.0 Å². The van der Waals surface area contributed by atoms with Crippen molar-refractivity contribution in [1.29, 1.82) is 0 Å². The molecular formula is C13H8Cl2N2O2. The fourth-order valence-electron chi connectivity index (χ4n) is 1.29. The first-order valence-electron chi connectivity index (χ1n) is 5.26. The van der Waals surface area contributed by atoms with Crippen molar-refractivity contribution in [3.8, 4) is 0 Å². The van der Waals surface area contributed by atoms with Crippen LogP contribution in [0.25, 0.3) is 0 Å². The van der Waals surface area contributed by atoms with Crippen LogP contribution in [0.1, 0.15) is 15.9 Å². The van der Waals surface area contributed by atoms with Gasteiger partial charge in [0.1, 0.15) is 0 Å². The van der Waals surface area contributed by atoms with Gasteiger partial charge in [0.25, 0.3) is 0 Å². The number of oxime groups is 1. The van der Waals surface area contributed by atoms with Crippen molar-refractivity contribution in [2.45, 2.75) is 0 Å². The number of carbonyl (C=O) groups excluding carboxylic acids is 1. The number of carbonyl (C=O) groups is 1. The van der Waals surface area contributed by atoms with Crippen LogP contribution in [0.5, 0.6) is 0 Å². The molecule has 4 nitrogen and oxygen atoms in total. The number of nitrogens with zero attached hydrogens (tertiary/aromatic N) is 2. The first-order chi connectivity index (χ1) is 9.16.